The summed E-state index contributed by atoms with van der Waals surface area (Å²) in [5.41, 5.74) is 0. The molecule has 1 nitrogen and oxygen atoms in total. The van der Waals surface area contributed by atoms with Gasteiger partial charge in [-0.1, -0.05) is 6.08 Å². The van der Waals surface area contributed by atoms with Crippen molar-refractivity contribution in [2.24, 2.45) is 17.8 Å². The summed E-state index contributed by atoms with van der Waals surface area (Å²) < 4.78 is 0. The molecule has 0 aromatic rings. The number of aliphatic hydroxyl groups excluding tert-OH is 1. The van der Waals surface area contributed by atoms with Crippen molar-refractivity contribution in [3.63, 3.8) is 0 Å². The van der Waals surface area contributed by atoms with Crippen LogP contribution >= 0.6 is 0 Å². The fraction of sp³-hybridized carbons (Fsp3) is 0.818. The maximum atomic E-state index is 9.55. The first-order chi connectivity index (χ1) is 5.78. The number of allylic oxidation sites excluding steroid dienone is 1. The highest BCUT2D eigenvalue weighted by atomic mass is 16.3. The van der Waals surface area contributed by atoms with Gasteiger partial charge in [-0.2, -0.15) is 0 Å². The van der Waals surface area contributed by atoms with Crippen molar-refractivity contribution in [3.05, 3.63) is 12.7 Å². The van der Waals surface area contributed by atoms with E-state index in [1.165, 1.54) is 19.3 Å². The van der Waals surface area contributed by atoms with Gasteiger partial charge in [0.25, 0.3) is 0 Å². The maximum Gasteiger partial charge on any atom is 0.0545 e. The van der Waals surface area contributed by atoms with Crippen molar-refractivity contribution in [1.82, 2.24) is 0 Å². The molecule has 1 heteroatoms. The molecular weight excluding hydrogens is 148 g/mol. The molecule has 2 atom stereocenters. The Bertz CT molecular complexity index is 158. The molecule has 0 heterocycles. The highest BCUT2D eigenvalue weighted by molar-refractivity contribution is 4.92. The van der Waals surface area contributed by atoms with Crippen LogP contribution in [0.2, 0.25) is 0 Å². The van der Waals surface area contributed by atoms with Gasteiger partial charge in [0.2, 0.25) is 0 Å². The summed E-state index contributed by atoms with van der Waals surface area (Å²) >= 11 is 0. The fourth-order valence-corrected chi connectivity index (χ4v) is 3.06. The number of aliphatic hydroxyl groups is 1. The predicted octanol–water partition coefficient (Wildman–Crippen LogP) is 2.36. The van der Waals surface area contributed by atoms with Crippen LogP contribution in [-0.4, -0.2) is 11.2 Å². The molecule has 0 aromatic heterocycles. The Morgan fingerprint density at radius 3 is 2.08 bits per heavy atom. The first-order valence-corrected chi connectivity index (χ1v) is 5.08. The highest BCUT2D eigenvalue weighted by Crippen LogP contribution is 2.42. The molecule has 0 radical (unpaired) electrons. The van der Waals surface area contributed by atoms with Gasteiger partial charge < -0.3 is 5.11 Å². The molecule has 2 rings (SSSR count). The van der Waals surface area contributed by atoms with Crippen LogP contribution in [0.1, 0.15) is 32.1 Å². The summed E-state index contributed by atoms with van der Waals surface area (Å²) in [5.74, 6) is 2.31. The number of hydrogen-bond donors (Lipinski definition) is 1. The van der Waals surface area contributed by atoms with Crippen LogP contribution in [0.4, 0.5) is 0 Å². The van der Waals surface area contributed by atoms with Gasteiger partial charge in [-0.05, 0) is 49.9 Å². The Kier molecular flexibility index (Phi) is 2.22. The van der Waals surface area contributed by atoms with Gasteiger partial charge >= 0.3 is 0 Å². The van der Waals surface area contributed by atoms with Crippen molar-refractivity contribution in [3.8, 4) is 0 Å². The second-order valence-electron chi connectivity index (χ2n) is 4.56. The molecule has 0 aliphatic heterocycles. The first kappa shape index (κ1) is 8.31. The minimum Gasteiger partial charge on any atom is -0.393 e. The quantitative estimate of drug-likeness (QED) is 0.593. The van der Waals surface area contributed by atoms with E-state index in [4.69, 9.17) is 0 Å². The van der Waals surface area contributed by atoms with Crippen LogP contribution in [0.3, 0.4) is 0 Å². The van der Waals surface area contributed by atoms with E-state index in [9.17, 15) is 5.11 Å². The van der Waals surface area contributed by atoms with E-state index in [0.717, 1.165) is 30.6 Å². The lowest BCUT2D eigenvalue weighted by Crippen LogP contribution is -2.32. The third kappa shape index (κ3) is 1.56. The van der Waals surface area contributed by atoms with Gasteiger partial charge in [0, 0.05) is 0 Å². The van der Waals surface area contributed by atoms with Crippen molar-refractivity contribution >= 4 is 0 Å². The van der Waals surface area contributed by atoms with Crippen LogP contribution in [0.15, 0.2) is 12.7 Å². The zero-order chi connectivity index (χ0) is 8.55. The molecule has 1 N–H and O–H groups in total. The van der Waals surface area contributed by atoms with Gasteiger partial charge in [-0.3, -0.25) is 0 Å². The van der Waals surface area contributed by atoms with Gasteiger partial charge in [0.1, 0.15) is 0 Å². The average molecular weight is 166 g/mol. The molecule has 2 unspecified atom stereocenters. The van der Waals surface area contributed by atoms with Crippen LogP contribution < -0.4 is 0 Å². The molecule has 2 fully saturated rings. The van der Waals surface area contributed by atoms with E-state index in [2.05, 4.69) is 12.7 Å². The Balaban J connectivity index is 2.00. The molecule has 2 aliphatic rings. The molecule has 2 saturated carbocycles. The summed E-state index contributed by atoms with van der Waals surface area (Å²) in [6, 6.07) is 0. The summed E-state index contributed by atoms with van der Waals surface area (Å²) in [6.07, 6.45) is 8.10. The molecule has 0 spiro atoms. The molecule has 0 amide bonds. The second kappa shape index (κ2) is 3.21. The number of fused-ring (bicyclic) bond motifs is 2. The van der Waals surface area contributed by atoms with E-state index >= 15 is 0 Å². The van der Waals surface area contributed by atoms with Crippen LogP contribution in [0.5, 0.6) is 0 Å². The minimum absolute atomic E-state index is 0.000449. The standard InChI is InChI=1S/C11H18O/c1-2-8-3-9-5-10(4-8)7-11(12)6-9/h2,8-12H,1,3-7H2. The third-order valence-electron chi connectivity index (χ3n) is 3.48. The van der Waals surface area contributed by atoms with E-state index < -0.39 is 0 Å². The topological polar surface area (TPSA) is 20.2 Å². The first-order valence-electron chi connectivity index (χ1n) is 5.08. The summed E-state index contributed by atoms with van der Waals surface area (Å²) in [7, 11) is 0. The molecule has 2 bridgehead atoms. The fourth-order valence-electron chi connectivity index (χ4n) is 3.06. The lowest BCUT2D eigenvalue weighted by Gasteiger charge is -2.40. The van der Waals surface area contributed by atoms with E-state index in [-0.39, 0.29) is 6.10 Å². The maximum absolute atomic E-state index is 9.55. The molecule has 12 heavy (non-hydrogen) atoms. The molecule has 2 aliphatic carbocycles. The predicted molar refractivity (Wildman–Crippen MR) is 49.8 cm³/mol. The number of rotatable bonds is 1. The summed E-state index contributed by atoms with van der Waals surface area (Å²) in [6.45, 7) is 3.87. The van der Waals surface area contributed by atoms with Crippen LogP contribution in [0.25, 0.3) is 0 Å². The summed E-state index contributed by atoms with van der Waals surface area (Å²) in [4.78, 5) is 0. The molecule has 0 saturated heterocycles. The smallest absolute Gasteiger partial charge is 0.0545 e. The van der Waals surface area contributed by atoms with Crippen molar-refractivity contribution in [2.75, 3.05) is 0 Å². The Morgan fingerprint density at radius 2 is 1.58 bits per heavy atom. The van der Waals surface area contributed by atoms with Crippen LogP contribution in [0, 0.1) is 17.8 Å². The van der Waals surface area contributed by atoms with Gasteiger partial charge in [-0.15, -0.1) is 6.58 Å². The largest absolute Gasteiger partial charge is 0.393 e. The monoisotopic (exact) mass is 166 g/mol. The Hall–Kier alpha value is -0.300. The normalized spacial score (nSPS) is 47.1. The van der Waals surface area contributed by atoms with Crippen molar-refractivity contribution in [1.29, 1.82) is 0 Å². The Morgan fingerprint density at radius 1 is 1.00 bits per heavy atom. The van der Waals surface area contributed by atoms with E-state index in [1.54, 1.807) is 0 Å². The zero-order valence-electron chi connectivity index (χ0n) is 7.58. The summed E-state index contributed by atoms with van der Waals surface area (Å²) in [5, 5.41) is 9.55. The lowest BCUT2D eigenvalue weighted by molar-refractivity contribution is 0.0346. The van der Waals surface area contributed by atoms with Gasteiger partial charge in [0.05, 0.1) is 6.10 Å². The Labute approximate surface area is 74.5 Å². The second-order valence-corrected chi connectivity index (χ2v) is 4.56. The van der Waals surface area contributed by atoms with Crippen LogP contribution in [-0.2, 0) is 0 Å². The zero-order valence-corrected chi connectivity index (χ0v) is 7.58. The SMILES string of the molecule is C=CC1CC2CC(O)CC(C1)C2. The average Bonchev–Trinajstić information content (AvgIpc) is 2.02. The number of hydrogen-bond acceptors (Lipinski definition) is 1. The lowest BCUT2D eigenvalue weighted by atomic mass is 9.67. The highest BCUT2D eigenvalue weighted by Gasteiger charge is 2.34. The van der Waals surface area contributed by atoms with E-state index in [0.29, 0.717) is 0 Å². The molecule has 0 aromatic carbocycles. The third-order valence-corrected chi connectivity index (χ3v) is 3.48. The van der Waals surface area contributed by atoms with Gasteiger partial charge in [0.15, 0.2) is 0 Å². The minimum atomic E-state index is -0.000449. The van der Waals surface area contributed by atoms with Crippen molar-refractivity contribution in [2.45, 2.75) is 38.2 Å². The molecule has 68 valence electrons. The van der Waals surface area contributed by atoms with E-state index in [1.807, 2.05) is 0 Å². The van der Waals surface area contributed by atoms with Crippen molar-refractivity contribution < 1.29 is 5.11 Å². The van der Waals surface area contributed by atoms with Gasteiger partial charge in [-0.25, -0.2) is 0 Å². The molecular formula is C11H18O.